The highest BCUT2D eigenvalue weighted by Crippen LogP contribution is 2.25. The maximum Gasteiger partial charge on any atom is 0.264 e. The first-order valence-electron chi connectivity index (χ1n) is 14.5. The molecule has 0 heterocycles. The molecule has 0 radical (unpaired) electrons. The summed E-state index contributed by atoms with van der Waals surface area (Å²) in [4.78, 5) is 29.6. The summed E-state index contributed by atoms with van der Waals surface area (Å²) in [5.74, 6) is -1.19. The molecule has 7 nitrogen and oxygen atoms in total. The maximum absolute atomic E-state index is 14.4. The van der Waals surface area contributed by atoms with Gasteiger partial charge in [0, 0.05) is 19.5 Å². The molecule has 4 aromatic carbocycles. The molecule has 0 saturated carbocycles. The van der Waals surface area contributed by atoms with E-state index in [-0.39, 0.29) is 29.7 Å². The molecule has 0 aromatic heterocycles. The Morgan fingerprint density at radius 2 is 1.39 bits per heavy atom. The van der Waals surface area contributed by atoms with Crippen LogP contribution in [0.25, 0.3) is 0 Å². The van der Waals surface area contributed by atoms with Crippen molar-refractivity contribution in [1.29, 1.82) is 0 Å². The second kappa shape index (κ2) is 14.8. The van der Waals surface area contributed by atoms with Crippen molar-refractivity contribution >= 4 is 27.5 Å². The van der Waals surface area contributed by atoms with Crippen molar-refractivity contribution in [3.8, 4) is 0 Å². The highest BCUT2D eigenvalue weighted by Gasteiger charge is 2.34. The number of carbonyl (C=O) groups excluding carboxylic acids is 2. The first kappa shape index (κ1) is 32.4. The van der Waals surface area contributed by atoms with Gasteiger partial charge in [-0.25, -0.2) is 12.8 Å². The van der Waals surface area contributed by atoms with Crippen molar-refractivity contribution in [3.63, 3.8) is 0 Å². The van der Waals surface area contributed by atoms with Crippen molar-refractivity contribution in [1.82, 2.24) is 10.2 Å². The lowest BCUT2D eigenvalue weighted by Gasteiger charge is -2.34. The Balaban J connectivity index is 1.77. The molecule has 1 unspecified atom stereocenters. The summed E-state index contributed by atoms with van der Waals surface area (Å²) in [5.41, 5.74) is 2.64. The fraction of sp³-hybridized carbons (Fsp3) is 0.257. The molecule has 1 N–H and O–H groups in total. The monoisotopic (exact) mass is 615 g/mol. The van der Waals surface area contributed by atoms with E-state index in [4.69, 9.17) is 0 Å². The summed E-state index contributed by atoms with van der Waals surface area (Å²) >= 11 is 0. The summed E-state index contributed by atoms with van der Waals surface area (Å²) in [6.07, 6.45) is 0.202. The molecular weight excluding hydrogens is 577 g/mol. The fourth-order valence-corrected chi connectivity index (χ4v) is 6.14. The van der Waals surface area contributed by atoms with Crippen LogP contribution in [0.15, 0.2) is 114 Å². The molecule has 0 aliphatic carbocycles. The predicted octanol–water partition coefficient (Wildman–Crippen LogP) is 5.74. The van der Waals surface area contributed by atoms with E-state index in [1.54, 1.807) is 54.6 Å². The minimum atomic E-state index is -4.17. The number of anilines is 1. The third kappa shape index (κ3) is 8.54. The molecule has 44 heavy (non-hydrogen) atoms. The molecule has 0 fully saturated rings. The van der Waals surface area contributed by atoms with E-state index in [1.807, 2.05) is 51.1 Å². The van der Waals surface area contributed by atoms with Gasteiger partial charge in [-0.05, 0) is 60.4 Å². The largest absolute Gasteiger partial charge is 0.354 e. The van der Waals surface area contributed by atoms with E-state index in [0.29, 0.717) is 17.8 Å². The van der Waals surface area contributed by atoms with Crippen LogP contribution in [-0.2, 0) is 32.6 Å². The third-order valence-electron chi connectivity index (χ3n) is 7.15. The van der Waals surface area contributed by atoms with E-state index in [1.165, 1.54) is 29.2 Å². The van der Waals surface area contributed by atoms with E-state index in [0.717, 1.165) is 15.4 Å². The molecule has 4 rings (SSSR count). The van der Waals surface area contributed by atoms with Crippen LogP contribution in [0.1, 0.15) is 30.5 Å². The SMILES string of the molecule is Cc1ccc(S(=O)(=O)N(CC(=O)N(Cc2ccc(F)cc2)C(Cc2ccccc2)C(=O)NCC(C)C)c2ccccc2)cc1. The second-order valence-corrected chi connectivity index (χ2v) is 13.0. The average Bonchev–Trinajstić information content (AvgIpc) is 3.02. The summed E-state index contributed by atoms with van der Waals surface area (Å²) in [5, 5.41) is 2.95. The summed E-state index contributed by atoms with van der Waals surface area (Å²) < 4.78 is 42.9. The van der Waals surface area contributed by atoms with E-state index in [2.05, 4.69) is 5.32 Å². The minimum absolute atomic E-state index is 0.0288. The first-order chi connectivity index (χ1) is 21.0. The number of benzene rings is 4. The molecule has 4 aromatic rings. The number of amides is 2. The Bertz CT molecular complexity index is 1630. The van der Waals surface area contributed by atoms with Crippen LogP contribution in [0.3, 0.4) is 0 Å². The highest BCUT2D eigenvalue weighted by molar-refractivity contribution is 7.92. The Labute approximate surface area is 259 Å². The molecule has 0 aliphatic heterocycles. The molecule has 1 atom stereocenters. The van der Waals surface area contributed by atoms with Gasteiger partial charge in [0.1, 0.15) is 18.4 Å². The number of carbonyl (C=O) groups is 2. The van der Waals surface area contributed by atoms with E-state index >= 15 is 0 Å². The smallest absolute Gasteiger partial charge is 0.264 e. The van der Waals surface area contributed by atoms with Crippen LogP contribution in [-0.4, -0.2) is 44.3 Å². The number of nitrogens with one attached hydrogen (secondary N) is 1. The molecular formula is C35H38FN3O4S. The molecule has 0 saturated heterocycles. The number of sulfonamides is 1. The minimum Gasteiger partial charge on any atom is -0.354 e. The van der Waals surface area contributed by atoms with Gasteiger partial charge in [-0.1, -0.05) is 92.2 Å². The van der Waals surface area contributed by atoms with Crippen LogP contribution in [0.4, 0.5) is 10.1 Å². The van der Waals surface area contributed by atoms with Crippen LogP contribution < -0.4 is 9.62 Å². The van der Waals surface area contributed by atoms with Gasteiger partial charge in [-0.3, -0.25) is 13.9 Å². The van der Waals surface area contributed by atoms with Crippen molar-refractivity contribution < 1.29 is 22.4 Å². The van der Waals surface area contributed by atoms with Gasteiger partial charge in [0.15, 0.2) is 0 Å². The quantitative estimate of drug-likeness (QED) is 0.208. The molecule has 2 amide bonds. The van der Waals surface area contributed by atoms with E-state index < -0.39 is 34.3 Å². The zero-order chi connectivity index (χ0) is 31.7. The Hall–Kier alpha value is -4.50. The zero-order valence-electron chi connectivity index (χ0n) is 25.2. The van der Waals surface area contributed by atoms with E-state index in [9.17, 15) is 22.4 Å². The molecule has 0 aliphatic rings. The number of aryl methyl sites for hydroxylation is 1. The Morgan fingerprint density at radius 3 is 1.98 bits per heavy atom. The Morgan fingerprint density at radius 1 is 0.795 bits per heavy atom. The van der Waals surface area contributed by atoms with Gasteiger partial charge >= 0.3 is 0 Å². The second-order valence-electron chi connectivity index (χ2n) is 11.2. The topological polar surface area (TPSA) is 86.8 Å². The lowest BCUT2D eigenvalue weighted by molar-refractivity contribution is -0.140. The van der Waals surface area contributed by atoms with Gasteiger partial charge in [-0.2, -0.15) is 0 Å². The van der Waals surface area contributed by atoms with Crippen LogP contribution >= 0.6 is 0 Å². The Kier molecular flexibility index (Phi) is 10.9. The number of hydrogen-bond donors (Lipinski definition) is 1. The van der Waals surface area contributed by atoms with Crippen LogP contribution in [0.2, 0.25) is 0 Å². The molecule has 9 heteroatoms. The van der Waals surface area contributed by atoms with Crippen molar-refractivity contribution in [3.05, 3.63) is 132 Å². The third-order valence-corrected chi connectivity index (χ3v) is 8.94. The normalized spacial score (nSPS) is 12.0. The molecule has 230 valence electrons. The van der Waals surface area contributed by atoms with Gasteiger partial charge in [0.2, 0.25) is 11.8 Å². The van der Waals surface area contributed by atoms with Gasteiger partial charge in [0.05, 0.1) is 10.6 Å². The summed E-state index contributed by atoms with van der Waals surface area (Å²) in [6, 6.07) is 28.9. The van der Waals surface area contributed by atoms with Crippen molar-refractivity contribution in [2.45, 2.75) is 44.7 Å². The number of para-hydroxylation sites is 1. The number of rotatable bonds is 13. The van der Waals surface area contributed by atoms with Crippen molar-refractivity contribution in [2.24, 2.45) is 5.92 Å². The first-order valence-corrected chi connectivity index (χ1v) is 16.0. The number of hydrogen-bond acceptors (Lipinski definition) is 4. The highest BCUT2D eigenvalue weighted by atomic mass is 32.2. The number of nitrogens with zero attached hydrogens (tertiary/aromatic N) is 2. The fourth-order valence-electron chi connectivity index (χ4n) is 4.72. The molecule has 0 bridgehead atoms. The van der Waals surface area contributed by atoms with Crippen molar-refractivity contribution in [2.75, 3.05) is 17.4 Å². The zero-order valence-corrected chi connectivity index (χ0v) is 26.0. The standard InChI is InChI=1S/C35H38FN3O4S/c1-26(2)23-37-35(41)33(22-28-10-6-4-7-11-28)38(24-29-16-18-30(36)19-17-29)34(40)25-39(31-12-8-5-9-13-31)44(42,43)32-20-14-27(3)15-21-32/h4-21,26,33H,22-25H2,1-3H3,(H,37,41). The average molecular weight is 616 g/mol. The summed E-state index contributed by atoms with van der Waals surface area (Å²) in [7, 11) is -4.17. The van der Waals surface area contributed by atoms with Gasteiger partial charge < -0.3 is 10.2 Å². The van der Waals surface area contributed by atoms with Crippen LogP contribution in [0, 0.1) is 18.7 Å². The van der Waals surface area contributed by atoms with Gasteiger partial charge in [0.25, 0.3) is 10.0 Å². The maximum atomic E-state index is 14.4. The van der Waals surface area contributed by atoms with Crippen LogP contribution in [0.5, 0.6) is 0 Å². The lowest BCUT2D eigenvalue weighted by Crippen LogP contribution is -2.53. The lowest BCUT2D eigenvalue weighted by atomic mass is 10.0. The predicted molar refractivity (Wildman–Crippen MR) is 171 cm³/mol. The van der Waals surface area contributed by atoms with Gasteiger partial charge in [-0.15, -0.1) is 0 Å². The molecule has 0 spiro atoms. The summed E-state index contributed by atoms with van der Waals surface area (Å²) in [6.45, 7) is 5.63. The number of halogens is 1.